The fourth-order valence-corrected chi connectivity index (χ4v) is 7.54. The van der Waals surface area contributed by atoms with Crippen molar-refractivity contribution in [2.45, 2.75) is 40.2 Å². The Morgan fingerprint density at radius 2 is 1.17 bits per heavy atom. The van der Waals surface area contributed by atoms with Gasteiger partial charge in [0, 0.05) is 84.8 Å². The minimum Gasteiger partial charge on any atom is -0.478 e. The molecule has 0 bridgehead atoms. The Kier molecular flexibility index (Phi) is 16.6. The first kappa shape index (κ1) is 50.1. The number of nitrogens with one attached hydrogen (secondary N) is 1. The van der Waals surface area contributed by atoms with E-state index in [0.29, 0.717) is 41.2 Å². The van der Waals surface area contributed by atoms with Gasteiger partial charge in [0.2, 0.25) is 0 Å². The van der Waals surface area contributed by atoms with Gasteiger partial charge in [0.25, 0.3) is 5.91 Å². The van der Waals surface area contributed by atoms with Gasteiger partial charge in [-0.2, -0.15) is 0 Å². The Morgan fingerprint density at radius 3 is 1.69 bits per heavy atom. The minimum absolute atomic E-state index is 0.0463. The first-order chi connectivity index (χ1) is 34.3. The van der Waals surface area contributed by atoms with Gasteiger partial charge in [-0.25, -0.2) is 14.6 Å². The molecule has 3 aliphatic heterocycles. The summed E-state index contributed by atoms with van der Waals surface area (Å²) in [5, 5.41) is 20.7. The highest BCUT2D eigenvalue weighted by Gasteiger charge is 2.24. The number of morpholine rings is 1. The number of rotatable bonds is 9. The van der Waals surface area contributed by atoms with Crippen molar-refractivity contribution in [3.63, 3.8) is 0 Å². The second-order valence-corrected chi connectivity index (χ2v) is 16.6. The van der Waals surface area contributed by atoms with Crippen LogP contribution in [0.15, 0.2) is 138 Å². The molecule has 1 amide bonds. The van der Waals surface area contributed by atoms with Crippen LogP contribution < -0.4 is 16.8 Å². The smallest absolute Gasteiger partial charge is 0.337 e. The Bertz CT molecular complexity index is 3120. The number of nitrogens with zero attached hydrogens (tertiary/aromatic N) is 7. The van der Waals surface area contributed by atoms with Crippen molar-refractivity contribution in [1.82, 2.24) is 24.8 Å². The van der Waals surface area contributed by atoms with Gasteiger partial charge in [-0.05, 0) is 105 Å². The number of aromatic nitrogens is 4. The predicted octanol–water partition coefficient (Wildman–Crippen LogP) is 8.06. The number of fused-ring (bicyclic) bond motifs is 2. The molecule has 3 aromatic carbocycles. The molecular weight excluding hydrogens is 901 g/mol. The molecule has 10 rings (SSSR count). The normalized spacial score (nSPS) is 13.2. The van der Waals surface area contributed by atoms with Crippen molar-refractivity contribution in [3.05, 3.63) is 195 Å². The molecule has 3 aliphatic rings. The molecular formula is C54H52N10O7. The molecule has 0 unspecified atom stereocenters. The Balaban J connectivity index is 0.000000159. The fraction of sp³-hybridized carbons (Fsp3) is 0.185. The van der Waals surface area contributed by atoms with Gasteiger partial charge in [0.1, 0.15) is 5.82 Å². The number of carboxylic acid groups (broad SMARTS) is 2. The maximum atomic E-state index is 13.1. The number of hydrogen-bond acceptors (Lipinski definition) is 14. The zero-order valence-electron chi connectivity index (χ0n) is 39.4. The molecule has 0 spiro atoms. The summed E-state index contributed by atoms with van der Waals surface area (Å²) in [6.45, 7) is 9.80. The summed E-state index contributed by atoms with van der Waals surface area (Å²) in [4.78, 5) is 73.5. The summed E-state index contributed by atoms with van der Waals surface area (Å²) in [7, 11) is 0. The second kappa shape index (κ2) is 23.5. The number of aryl methyl sites for hydroxylation is 3. The number of nitrogens with two attached hydrogens (primary N) is 2. The van der Waals surface area contributed by atoms with Crippen LogP contribution in [0.2, 0.25) is 0 Å². The van der Waals surface area contributed by atoms with E-state index >= 15 is 0 Å². The van der Waals surface area contributed by atoms with E-state index in [1.165, 1.54) is 6.07 Å². The first-order valence-corrected chi connectivity index (χ1v) is 22.6. The lowest BCUT2D eigenvalue weighted by Gasteiger charge is -2.26. The van der Waals surface area contributed by atoms with Crippen LogP contribution in [-0.2, 0) is 24.1 Å². The molecule has 71 heavy (non-hydrogen) atoms. The number of carboxylic acids is 2. The van der Waals surface area contributed by atoms with E-state index in [2.05, 4.69) is 35.1 Å². The lowest BCUT2D eigenvalue weighted by atomic mass is 10.0. The van der Waals surface area contributed by atoms with E-state index in [4.69, 9.17) is 31.4 Å². The third kappa shape index (κ3) is 13.3. The van der Waals surface area contributed by atoms with E-state index in [1.807, 2.05) is 99.8 Å². The van der Waals surface area contributed by atoms with E-state index in [-0.39, 0.29) is 22.7 Å². The Hall–Kier alpha value is -8.80. The van der Waals surface area contributed by atoms with E-state index in [1.54, 1.807) is 42.7 Å². The lowest BCUT2D eigenvalue weighted by molar-refractivity contribution is 0.0336. The predicted molar refractivity (Wildman–Crippen MR) is 272 cm³/mol. The molecule has 7 aromatic rings. The summed E-state index contributed by atoms with van der Waals surface area (Å²) in [5.74, 6) is -1.66. The van der Waals surface area contributed by atoms with Gasteiger partial charge in [0.15, 0.2) is 6.29 Å². The van der Waals surface area contributed by atoms with Crippen molar-refractivity contribution in [2.24, 2.45) is 9.98 Å². The van der Waals surface area contributed by atoms with Crippen molar-refractivity contribution in [3.8, 4) is 0 Å². The average molecular weight is 953 g/mol. The molecule has 17 heteroatoms. The van der Waals surface area contributed by atoms with Gasteiger partial charge in [-0.3, -0.25) is 39.4 Å². The SMILES string of the molecule is Cc1ccc(C2=Nc3c(cccc3C(=O)Nc3cccc(CN4CCOCC4)n3)C2)cn1.Cc1ccc(C2=Nc3c(cccc3C(=O)O)C2)cn1.Cc1ccc(C=O)cn1.Nc1cccc(C(=O)O)c1N. The largest absolute Gasteiger partial charge is 0.478 e. The number of aromatic carboxylic acids is 2. The van der Waals surface area contributed by atoms with Crippen LogP contribution in [0.25, 0.3) is 0 Å². The van der Waals surface area contributed by atoms with Gasteiger partial charge < -0.3 is 31.7 Å². The van der Waals surface area contributed by atoms with Gasteiger partial charge >= 0.3 is 11.9 Å². The molecule has 0 saturated carbocycles. The third-order valence-corrected chi connectivity index (χ3v) is 11.4. The number of carbonyl (C=O) groups is 4. The molecule has 7 heterocycles. The quantitative estimate of drug-likeness (QED) is 0.0677. The maximum Gasteiger partial charge on any atom is 0.337 e. The number of amides is 1. The zero-order valence-corrected chi connectivity index (χ0v) is 39.4. The molecule has 0 radical (unpaired) electrons. The molecule has 17 nitrogen and oxygen atoms in total. The molecule has 4 aromatic heterocycles. The summed E-state index contributed by atoms with van der Waals surface area (Å²) < 4.78 is 5.41. The van der Waals surface area contributed by atoms with Crippen LogP contribution in [0.3, 0.4) is 0 Å². The number of anilines is 3. The third-order valence-electron chi connectivity index (χ3n) is 11.4. The fourth-order valence-electron chi connectivity index (χ4n) is 7.54. The van der Waals surface area contributed by atoms with Crippen LogP contribution in [0.5, 0.6) is 0 Å². The summed E-state index contributed by atoms with van der Waals surface area (Å²) >= 11 is 0. The number of aliphatic imine (C=N–C) groups is 2. The van der Waals surface area contributed by atoms with Gasteiger partial charge in [0.05, 0.1) is 69.8 Å². The minimum atomic E-state index is -1.06. The molecule has 7 N–H and O–H groups in total. The zero-order chi connectivity index (χ0) is 50.4. The highest BCUT2D eigenvalue weighted by molar-refractivity contribution is 6.13. The van der Waals surface area contributed by atoms with Gasteiger partial charge in [-0.1, -0.05) is 36.4 Å². The Labute approximate surface area is 410 Å². The first-order valence-electron chi connectivity index (χ1n) is 22.6. The number of carbonyl (C=O) groups excluding carboxylic acids is 2. The summed E-state index contributed by atoms with van der Waals surface area (Å²) in [6, 6.07) is 32.7. The van der Waals surface area contributed by atoms with Crippen molar-refractivity contribution >= 4 is 64.1 Å². The summed E-state index contributed by atoms with van der Waals surface area (Å²) in [5.41, 5.74) is 23.4. The monoisotopic (exact) mass is 952 g/mol. The number of nitrogen functional groups attached to an aromatic ring is 2. The van der Waals surface area contributed by atoms with Crippen molar-refractivity contribution in [1.29, 1.82) is 0 Å². The highest BCUT2D eigenvalue weighted by atomic mass is 16.5. The number of aldehydes is 1. The number of benzene rings is 3. The summed E-state index contributed by atoms with van der Waals surface area (Å²) in [6.07, 6.45) is 7.30. The molecule has 0 atom stereocenters. The van der Waals surface area contributed by atoms with Crippen molar-refractivity contribution in [2.75, 3.05) is 43.1 Å². The number of para-hydroxylation sites is 3. The average Bonchev–Trinajstić information content (AvgIpc) is 4.02. The number of ether oxygens (including phenoxy) is 1. The topological polar surface area (TPSA) is 262 Å². The highest BCUT2D eigenvalue weighted by Crippen LogP contribution is 2.34. The lowest BCUT2D eigenvalue weighted by Crippen LogP contribution is -2.35. The second-order valence-electron chi connectivity index (χ2n) is 16.6. The van der Waals surface area contributed by atoms with Crippen LogP contribution >= 0.6 is 0 Å². The van der Waals surface area contributed by atoms with Gasteiger partial charge in [-0.15, -0.1) is 0 Å². The van der Waals surface area contributed by atoms with Crippen LogP contribution in [0, 0.1) is 20.8 Å². The molecule has 0 aliphatic carbocycles. The van der Waals surface area contributed by atoms with Crippen LogP contribution in [-0.4, -0.2) is 96.9 Å². The molecule has 360 valence electrons. The maximum absolute atomic E-state index is 13.1. The standard InChI is InChI=1S/C25H25N5O2.C15H12N2O2.C7H8N2O2.C7H7NO/c1-17-8-9-19(15-26-17)22-14-18-4-2-6-21(24(18)28-22)25(31)29-23-7-3-5-20(27-23)16-30-10-12-32-13-11-30;1-9-5-6-11(8-16-9)13-7-10-3-2-4-12(15(18)19)14(10)17-13;8-5-3-1-2-4(6(5)9)7(10)11;1-6-2-3-7(5-9)4-8-6/h2-9,15H,10-14,16H2,1H3,(H,27,29,31);2-6,8H,7H2,1H3,(H,18,19);1-3H,8-9H2,(H,10,11);2-5H,1H3. The Morgan fingerprint density at radius 1 is 0.648 bits per heavy atom. The van der Waals surface area contributed by atoms with E-state index < -0.39 is 11.9 Å². The van der Waals surface area contributed by atoms with Crippen LogP contribution in [0.4, 0.5) is 28.6 Å². The number of hydrogen-bond donors (Lipinski definition) is 5. The number of pyridine rings is 4. The molecule has 1 fully saturated rings. The van der Waals surface area contributed by atoms with Crippen molar-refractivity contribution < 1.29 is 34.1 Å². The van der Waals surface area contributed by atoms with Crippen LogP contribution in [0.1, 0.15) is 86.5 Å². The molecule has 1 saturated heterocycles. The van der Waals surface area contributed by atoms with E-state index in [9.17, 15) is 19.2 Å². The van der Waals surface area contributed by atoms with E-state index in [0.717, 1.165) is 101 Å².